The van der Waals surface area contributed by atoms with Gasteiger partial charge in [-0.3, -0.25) is 0 Å². The van der Waals surface area contributed by atoms with Crippen LogP contribution in [-0.4, -0.2) is 29.2 Å². The van der Waals surface area contributed by atoms with E-state index < -0.39 is 5.60 Å². The Kier molecular flexibility index (Phi) is 5.22. The van der Waals surface area contributed by atoms with Crippen LogP contribution in [0.3, 0.4) is 0 Å². The largest absolute Gasteiger partial charge is 0.444 e. The summed E-state index contributed by atoms with van der Waals surface area (Å²) in [4.78, 5) is 14.0. The molecule has 0 aromatic heterocycles. The maximum Gasteiger partial charge on any atom is 0.410 e. The summed E-state index contributed by atoms with van der Waals surface area (Å²) >= 11 is 0. The number of carbonyl (C=O) groups is 1. The number of nitrogens with zero attached hydrogens (tertiary/aromatic N) is 1. The summed E-state index contributed by atoms with van der Waals surface area (Å²) in [5.74, 6) is -0.232. The van der Waals surface area contributed by atoms with E-state index in [-0.39, 0.29) is 18.0 Å². The van der Waals surface area contributed by atoms with Crippen molar-refractivity contribution < 1.29 is 13.9 Å². The SMILES string of the molecule is CC(C)(C)OC(=O)N1CCCC1CC=Cc1ccc(F)cc1. The van der Waals surface area contributed by atoms with Gasteiger partial charge in [0.15, 0.2) is 0 Å². The second-order valence-corrected chi connectivity index (χ2v) is 6.66. The highest BCUT2D eigenvalue weighted by atomic mass is 19.1. The van der Waals surface area contributed by atoms with Crippen LogP contribution in [0.1, 0.15) is 45.6 Å². The third kappa shape index (κ3) is 4.86. The van der Waals surface area contributed by atoms with Crippen molar-refractivity contribution in [2.24, 2.45) is 0 Å². The molecule has 0 aliphatic carbocycles. The van der Waals surface area contributed by atoms with Gasteiger partial charge in [0, 0.05) is 12.6 Å². The lowest BCUT2D eigenvalue weighted by Crippen LogP contribution is -2.39. The molecule has 3 nitrogen and oxygen atoms in total. The molecule has 4 heteroatoms. The zero-order valence-corrected chi connectivity index (χ0v) is 13.5. The number of halogens is 1. The molecular weight excluding hydrogens is 281 g/mol. The highest BCUT2D eigenvalue weighted by Crippen LogP contribution is 2.23. The number of amides is 1. The quantitative estimate of drug-likeness (QED) is 0.815. The summed E-state index contributed by atoms with van der Waals surface area (Å²) in [6.45, 7) is 6.39. The van der Waals surface area contributed by atoms with E-state index in [4.69, 9.17) is 4.74 Å². The number of hydrogen-bond acceptors (Lipinski definition) is 2. The van der Waals surface area contributed by atoms with E-state index in [0.717, 1.165) is 31.4 Å². The molecule has 1 atom stereocenters. The van der Waals surface area contributed by atoms with Crippen LogP contribution in [0.5, 0.6) is 0 Å². The van der Waals surface area contributed by atoms with E-state index in [9.17, 15) is 9.18 Å². The van der Waals surface area contributed by atoms with Gasteiger partial charge < -0.3 is 9.64 Å². The average molecular weight is 305 g/mol. The third-order valence-corrected chi connectivity index (χ3v) is 3.59. The van der Waals surface area contributed by atoms with Crippen molar-refractivity contribution >= 4 is 12.2 Å². The maximum absolute atomic E-state index is 12.8. The third-order valence-electron chi connectivity index (χ3n) is 3.59. The molecule has 22 heavy (non-hydrogen) atoms. The molecule has 0 saturated carbocycles. The number of benzene rings is 1. The number of hydrogen-bond donors (Lipinski definition) is 0. The van der Waals surface area contributed by atoms with Gasteiger partial charge >= 0.3 is 6.09 Å². The standard InChI is InChI=1S/C18H24FNO2/c1-18(2,3)22-17(21)20-13-5-8-16(20)7-4-6-14-9-11-15(19)12-10-14/h4,6,9-12,16H,5,7-8,13H2,1-3H3. The lowest BCUT2D eigenvalue weighted by Gasteiger charge is -2.28. The van der Waals surface area contributed by atoms with Gasteiger partial charge in [0.2, 0.25) is 0 Å². The van der Waals surface area contributed by atoms with Crippen LogP contribution in [0.4, 0.5) is 9.18 Å². The molecule has 1 aromatic rings. The molecule has 1 aromatic carbocycles. The van der Waals surface area contributed by atoms with Gasteiger partial charge in [-0.05, 0) is 57.7 Å². The van der Waals surface area contributed by atoms with Crippen molar-refractivity contribution in [3.8, 4) is 0 Å². The molecule has 0 radical (unpaired) electrons. The molecular formula is C18H24FNO2. The van der Waals surface area contributed by atoms with Crippen LogP contribution in [0.25, 0.3) is 6.08 Å². The predicted octanol–water partition coefficient (Wildman–Crippen LogP) is 4.63. The van der Waals surface area contributed by atoms with Gasteiger partial charge in [-0.2, -0.15) is 0 Å². The zero-order valence-electron chi connectivity index (χ0n) is 13.5. The minimum atomic E-state index is -0.464. The van der Waals surface area contributed by atoms with Crippen molar-refractivity contribution in [3.05, 3.63) is 41.7 Å². The molecule has 1 aliphatic rings. The van der Waals surface area contributed by atoms with Gasteiger partial charge in [-0.15, -0.1) is 0 Å². The van der Waals surface area contributed by atoms with Gasteiger partial charge in [0.05, 0.1) is 0 Å². The molecule has 0 bridgehead atoms. The lowest BCUT2D eigenvalue weighted by molar-refractivity contribution is 0.0228. The molecule has 2 rings (SSSR count). The normalized spacial score (nSPS) is 18.9. The number of likely N-dealkylation sites (tertiary alicyclic amines) is 1. The summed E-state index contributed by atoms with van der Waals surface area (Å²) in [5.41, 5.74) is 0.497. The first-order valence-corrected chi connectivity index (χ1v) is 7.77. The Morgan fingerprint density at radius 1 is 1.36 bits per heavy atom. The number of rotatable bonds is 3. The van der Waals surface area contributed by atoms with Crippen LogP contribution in [0, 0.1) is 5.82 Å². The Labute approximate surface area is 131 Å². The van der Waals surface area contributed by atoms with E-state index in [2.05, 4.69) is 0 Å². The summed E-state index contributed by atoms with van der Waals surface area (Å²) in [5, 5.41) is 0. The van der Waals surface area contributed by atoms with Crippen molar-refractivity contribution in [2.45, 2.75) is 51.7 Å². The lowest BCUT2D eigenvalue weighted by atomic mass is 10.1. The summed E-state index contributed by atoms with van der Waals surface area (Å²) in [6.07, 6.45) is 6.56. The Morgan fingerprint density at radius 3 is 2.68 bits per heavy atom. The summed E-state index contributed by atoms with van der Waals surface area (Å²) in [6, 6.07) is 6.56. The van der Waals surface area contributed by atoms with E-state index >= 15 is 0 Å². The Morgan fingerprint density at radius 2 is 2.05 bits per heavy atom. The van der Waals surface area contributed by atoms with Crippen molar-refractivity contribution in [3.63, 3.8) is 0 Å². The van der Waals surface area contributed by atoms with Crippen molar-refractivity contribution in [1.29, 1.82) is 0 Å². The van der Waals surface area contributed by atoms with Crippen LogP contribution in [-0.2, 0) is 4.74 Å². The Bertz CT molecular complexity index is 531. The molecule has 1 saturated heterocycles. The molecule has 1 unspecified atom stereocenters. The number of ether oxygens (including phenoxy) is 1. The van der Waals surface area contributed by atoms with E-state index in [0.29, 0.717) is 0 Å². The zero-order chi connectivity index (χ0) is 16.2. The molecule has 0 N–H and O–H groups in total. The van der Waals surface area contributed by atoms with Crippen LogP contribution in [0.2, 0.25) is 0 Å². The average Bonchev–Trinajstić information content (AvgIpc) is 2.88. The molecule has 0 spiro atoms. The first-order chi connectivity index (χ1) is 10.3. The number of carbonyl (C=O) groups excluding carboxylic acids is 1. The smallest absolute Gasteiger partial charge is 0.410 e. The van der Waals surface area contributed by atoms with Crippen LogP contribution >= 0.6 is 0 Å². The van der Waals surface area contributed by atoms with Gasteiger partial charge in [0.1, 0.15) is 11.4 Å². The van der Waals surface area contributed by atoms with Crippen molar-refractivity contribution in [2.75, 3.05) is 6.54 Å². The molecule has 120 valence electrons. The van der Waals surface area contributed by atoms with Crippen LogP contribution in [0.15, 0.2) is 30.3 Å². The Balaban J connectivity index is 1.91. The topological polar surface area (TPSA) is 29.5 Å². The molecule has 1 heterocycles. The summed E-state index contributed by atoms with van der Waals surface area (Å²) in [7, 11) is 0. The minimum Gasteiger partial charge on any atom is -0.444 e. The van der Waals surface area contributed by atoms with Gasteiger partial charge in [-0.1, -0.05) is 24.3 Å². The highest BCUT2D eigenvalue weighted by Gasteiger charge is 2.31. The van der Waals surface area contributed by atoms with Gasteiger partial charge in [0.25, 0.3) is 0 Å². The molecule has 1 fully saturated rings. The molecule has 1 amide bonds. The second kappa shape index (κ2) is 6.95. The van der Waals surface area contributed by atoms with Gasteiger partial charge in [-0.25, -0.2) is 9.18 Å². The van der Waals surface area contributed by atoms with E-state index in [1.165, 1.54) is 12.1 Å². The fourth-order valence-electron chi connectivity index (χ4n) is 2.58. The summed E-state index contributed by atoms with van der Waals surface area (Å²) < 4.78 is 18.3. The fourth-order valence-corrected chi connectivity index (χ4v) is 2.58. The van der Waals surface area contributed by atoms with E-state index in [1.54, 1.807) is 12.1 Å². The Hall–Kier alpha value is -1.84. The monoisotopic (exact) mass is 305 g/mol. The molecule has 1 aliphatic heterocycles. The first-order valence-electron chi connectivity index (χ1n) is 7.77. The van der Waals surface area contributed by atoms with E-state index in [1.807, 2.05) is 37.8 Å². The minimum absolute atomic E-state index is 0.187. The predicted molar refractivity (Wildman–Crippen MR) is 86.0 cm³/mol. The second-order valence-electron chi connectivity index (χ2n) is 6.66. The fraction of sp³-hybridized carbons (Fsp3) is 0.500. The van der Waals surface area contributed by atoms with Crippen molar-refractivity contribution in [1.82, 2.24) is 4.90 Å². The highest BCUT2D eigenvalue weighted by molar-refractivity contribution is 5.69. The first kappa shape index (κ1) is 16.5. The van der Waals surface area contributed by atoms with Crippen LogP contribution < -0.4 is 0 Å². The maximum atomic E-state index is 12.8.